The summed E-state index contributed by atoms with van der Waals surface area (Å²) in [7, 11) is 0. The molecule has 2 aromatic rings. The smallest absolute Gasteiger partial charge is 0.250 e. The third-order valence-corrected chi connectivity index (χ3v) is 2.69. The molecule has 0 unspecified atom stereocenters. The molecule has 4 nitrogen and oxygen atoms in total. The number of nitrogens with one attached hydrogen (secondary N) is 1. The van der Waals surface area contributed by atoms with Crippen LogP contribution in [0.4, 0.5) is 4.39 Å². The van der Waals surface area contributed by atoms with Crippen molar-refractivity contribution in [2.24, 2.45) is 0 Å². The Labute approximate surface area is 97.9 Å². The third-order valence-electron chi connectivity index (χ3n) is 2.69. The molecule has 0 spiro atoms. The molecule has 3 rings (SSSR count). The first-order valence-corrected chi connectivity index (χ1v) is 5.63. The Morgan fingerprint density at radius 2 is 2.12 bits per heavy atom. The molecular weight excluding hydrogens is 221 g/mol. The SMILES string of the molecule is Fc1ccccc1-c1nnc(CNC2CC2)o1. The molecule has 0 radical (unpaired) electrons. The van der Waals surface area contributed by atoms with E-state index in [1.807, 2.05) is 0 Å². The van der Waals surface area contributed by atoms with Crippen molar-refractivity contribution in [3.05, 3.63) is 36.0 Å². The monoisotopic (exact) mass is 233 g/mol. The first kappa shape index (κ1) is 10.4. The molecule has 1 saturated carbocycles. The molecule has 0 amide bonds. The summed E-state index contributed by atoms with van der Waals surface area (Å²) in [5.74, 6) is 0.378. The number of benzene rings is 1. The van der Waals surface area contributed by atoms with Gasteiger partial charge >= 0.3 is 0 Å². The Morgan fingerprint density at radius 3 is 2.88 bits per heavy atom. The fourth-order valence-corrected chi connectivity index (χ4v) is 1.59. The van der Waals surface area contributed by atoms with Crippen LogP contribution in [-0.2, 0) is 6.54 Å². The van der Waals surface area contributed by atoms with Gasteiger partial charge in [-0.3, -0.25) is 0 Å². The Morgan fingerprint density at radius 1 is 1.29 bits per heavy atom. The fourth-order valence-electron chi connectivity index (χ4n) is 1.59. The lowest BCUT2D eigenvalue weighted by Gasteiger charge is -1.97. The first-order chi connectivity index (χ1) is 8.33. The van der Waals surface area contributed by atoms with E-state index in [-0.39, 0.29) is 11.7 Å². The molecule has 1 aromatic carbocycles. The Hall–Kier alpha value is -1.75. The third kappa shape index (κ3) is 2.34. The second-order valence-electron chi connectivity index (χ2n) is 4.14. The van der Waals surface area contributed by atoms with Crippen molar-refractivity contribution >= 4 is 0 Å². The van der Waals surface area contributed by atoms with Crippen LogP contribution in [0.2, 0.25) is 0 Å². The van der Waals surface area contributed by atoms with Crippen LogP contribution >= 0.6 is 0 Å². The molecule has 1 aliphatic rings. The van der Waals surface area contributed by atoms with E-state index in [0.717, 1.165) is 0 Å². The van der Waals surface area contributed by atoms with E-state index >= 15 is 0 Å². The van der Waals surface area contributed by atoms with Crippen LogP contribution in [0.15, 0.2) is 28.7 Å². The van der Waals surface area contributed by atoms with Gasteiger partial charge in [-0.1, -0.05) is 12.1 Å². The quantitative estimate of drug-likeness (QED) is 0.878. The average molecular weight is 233 g/mol. The molecule has 17 heavy (non-hydrogen) atoms. The van der Waals surface area contributed by atoms with Crippen molar-refractivity contribution in [2.75, 3.05) is 0 Å². The van der Waals surface area contributed by atoms with Gasteiger partial charge in [0.15, 0.2) is 0 Å². The summed E-state index contributed by atoms with van der Waals surface area (Å²) in [6.07, 6.45) is 2.41. The van der Waals surface area contributed by atoms with Gasteiger partial charge in [-0.15, -0.1) is 10.2 Å². The van der Waals surface area contributed by atoms with E-state index in [1.165, 1.54) is 18.9 Å². The Balaban J connectivity index is 1.77. The zero-order valence-electron chi connectivity index (χ0n) is 9.19. The van der Waals surface area contributed by atoms with Crippen LogP contribution in [0, 0.1) is 5.82 Å². The van der Waals surface area contributed by atoms with Crippen molar-refractivity contribution in [1.82, 2.24) is 15.5 Å². The highest BCUT2D eigenvalue weighted by atomic mass is 19.1. The molecule has 0 bridgehead atoms. The molecule has 1 aliphatic carbocycles. The van der Waals surface area contributed by atoms with Crippen molar-refractivity contribution in [3.63, 3.8) is 0 Å². The summed E-state index contributed by atoms with van der Waals surface area (Å²) in [5.41, 5.74) is 0.345. The van der Waals surface area contributed by atoms with Gasteiger partial charge in [-0.25, -0.2) is 4.39 Å². The largest absolute Gasteiger partial charge is 0.419 e. The minimum absolute atomic E-state index is 0.232. The van der Waals surface area contributed by atoms with E-state index in [4.69, 9.17) is 4.42 Å². The summed E-state index contributed by atoms with van der Waals surface area (Å²) in [6.45, 7) is 0.548. The molecule has 0 atom stereocenters. The summed E-state index contributed by atoms with van der Waals surface area (Å²) in [5, 5.41) is 11.0. The molecule has 1 fully saturated rings. The van der Waals surface area contributed by atoms with Crippen LogP contribution < -0.4 is 5.32 Å². The van der Waals surface area contributed by atoms with Crippen molar-refractivity contribution < 1.29 is 8.81 Å². The summed E-state index contributed by atoms with van der Waals surface area (Å²) < 4.78 is 18.9. The Bertz CT molecular complexity index is 522. The van der Waals surface area contributed by atoms with Crippen molar-refractivity contribution in [2.45, 2.75) is 25.4 Å². The molecule has 5 heteroatoms. The van der Waals surface area contributed by atoms with E-state index in [2.05, 4.69) is 15.5 Å². The zero-order chi connectivity index (χ0) is 11.7. The van der Waals surface area contributed by atoms with Crippen LogP contribution in [-0.4, -0.2) is 16.2 Å². The number of aromatic nitrogens is 2. The van der Waals surface area contributed by atoms with Gasteiger partial charge < -0.3 is 9.73 Å². The van der Waals surface area contributed by atoms with E-state index in [1.54, 1.807) is 18.2 Å². The molecule has 0 aliphatic heterocycles. The van der Waals surface area contributed by atoms with Crippen LogP contribution in [0.3, 0.4) is 0 Å². The topological polar surface area (TPSA) is 51.0 Å². The molecule has 88 valence electrons. The van der Waals surface area contributed by atoms with E-state index in [0.29, 0.717) is 24.0 Å². The zero-order valence-corrected chi connectivity index (χ0v) is 9.19. The first-order valence-electron chi connectivity index (χ1n) is 5.63. The molecule has 1 N–H and O–H groups in total. The number of nitrogens with zero attached hydrogens (tertiary/aromatic N) is 2. The van der Waals surface area contributed by atoms with E-state index in [9.17, 15) is 4.39 Å². The standard InChI is InChI=1S/C12H12FN3O/c13-10-4-2-1-3-9(10)12-16-15-11(17-12)7-14-8-5-6-8/h1-4,8,14H,5-7H2. The van der Waals surface area contributed by atoms with Crippen LogP contribution in [0.25, 0.3) is 11.5 Å². The maximum atomic E-state index is 13.5. The van der Waals surface area contributed by atoms with Crippen LogP contribution in [0.1, 0.15) is 18.7 Å². The predicted molar refractivity (Wildman–Crippen MR) is 59.6 cm³/mol. The number of hydrogen-bond donors (Lipinski definition) is 1. The normalized spacial score (nSPS) is 15.1. The number of halogens is 1. The number of rotatable bonds is 4. The highest BCUT2D eigenvalue weighted by molar-refractivity contribution is 5.53. The molecule has 0 saturated heterocycles. The maximum absolute atomic E-state index is 13.5. The highest BCUT2D eigenvalue weighted by Gasteiger charge is 2.21. The molecular formula is C12H12FN3O. The van der Waals surface area contributed by atoms with Gasteiger partial charge in [-0.05, 0) is 25.0 Å². The minimum Gasteiger partial charge on any atom is -0.419 e. The molecule has 1 heterocycles. The second-order valence-corrected chi connectivity index (χ2v) is 4.14. The lowest BCUT2D eigenvalue weighted by molar-refractivity contribution is 0.474. The lowest BCUT2D eigenvalue weighted by Crippen LogP contribution is -2.15. The minimum atomic E-state index is -0.349. The van der Waals surface area contributed by atoms with Gasteiger partial charge in [0.05, 0.1) is 12.1 Å². The highest BCUT2D eigenvalue weighted by Crippen LogP contribution is 2.22. The average Bonchev–Trinajstić information content (AvgIpc) is 3.06. The lowest BCUT2D eigenvalue weighted by atomic mass is 10.2. The Kier molecular flexibility index (Phi) is 2.60. The second kappa shape index (κ2) is 4.25. The maximum Gasteiger partial charge on any atom is 0.250 e. The van der Waals surface area contributed by atoms with Gasteiger partial charge in [0.1, 0.15) is 5.82 Å². The fraction of sp³-hybridized carbons (Fsp3) is 0.333. The van der Waals surface area contributed by atoms with Crippen molar-refractivity contribution in [3.8, 4) is 11.5 Å². The summed E-state index contributed by atoms with van der Waals surface area (Å²) >= 11 is 0. The molecule has 1 aromatic heterocycles. The van der Waals surface area contributed by atoms with Gasteiger partial charge in [-0.2, -0.15) is 0 Å². The van der Waals surface area contributed by atoms with Gasteiger partial charge in [0, 0.05) is 6.04 Å². The van der Waals surface area contributed by atoms with Crippen LogP contribution in [0.5, 0.6) is 0 Å². The van der Waals surface area contributed by atoms with Crippen molar-refractivity contribution in [1.29, 1.82) is 0 Å². The van der Waals surface area contributed by atoms with Gasteiger partial charge in [0.25, 0.3) is 5.89 Å². The number of hydrogen-bond acceptors (Lipinski definition) is 4. The summed E-state index contributed by atoms with van der Waals surface area (Å²) in [6, 6.07) is 6.96. The van der Waals surface area contributed by atoms with E-state index < -0.39 is 0 Å². The predicted octanol–water partition coefficient (Wildman–Crippen LogP) is 2.13. The van der Waals surface area contributed by atoms with Gasteiger partial charge in [0.2, 0.25) is 5.89 Å². The summed E-state index contributed by atoms with van der Waals surface area (Å²) in [4.78, 5) is 0.